The Balaban J connectivity index is 1.54. The fourth-order valence-electron chi connectivity index (χ4n) is 3.33. The van der Waals surface area contributed by atoms with Gasteiger partial charge in [-0.15, -0.1) is 0 Å². The molecule has 1 saturated carbocycles. The van der Waals surface area contributed by atoms with Gasteiger partial charge >= 0.3 is 0 Å². The van der Waals surface area contributed by atoms with E-state index in [0.29, 0.717) is 22.6 Å². The van der Waals surface area contributed by atoms with Crippen molar-refractivity contribution < 1.29 is 14.0 Å². The molecular formula is C17H13BrClFN4O2. The van der Waals surface area contributed by atoms with Crippen molar-refractivity contribution in [2.45, 2.75) is 18.0 Å². The zero-order chi connectivity index (χ0) is 18.5. The molecule has 1 aromatic heterocycles. The quantitative estimate of drug-likeness (QED) is 0.798. The average molecular weight is 440 g/mol. The van der Waals surface area contributed by atoms with Gasteiger partial charge in [0.25, 0.3) is 5.91 Å². The van der Waals surface area contributed by atoms with Gasteiger partial charge in [0, 0.05) is 22.0 Å². The van der Waals surface area contributed by atoms with Crippen LogP contribution >= 0.6 is 27.5 Å². The molecule has 1 aliphatic heterocycles. The summed E-state index contributed by atoms with van der Waals surface area (Å²) in [6, 6.07) is 5.21. The second-order valence-corrected chi connectivity index (χ2v) is 7.80. The van der Waals surface area contributed by atoms with Crippen molar-refractivity contribution in [2.24, 2.45) is 0 Å². The average Bonchev–Trinajstić information content (AvgIpc) is 3.25. The molecule has 0 radical (unpaired) electrons. The third-order valence-corrected chi connectivity index (χ3v) is 5.39. The number of carbonyl (C=O) groups is 2. The third kappa shape index (κ3) is 2.97. The van der Waals surface area contributed by atoms with Crippen LogP contribution in [-0.2, 0) is 10.2 Å². The number of nitrogens with one attached hydrogen (secondary N) is 1. The molecule has 2 aromatic rings. The maximum atomic E-state index is 14.2. The second-order valence-electron chi connectivity index (χ2n) is 6.45. The number of nitrogens with zero attached hydrogens (tertiary/aromatic N) is 3. The zero-order valence-corrected chi connectivity index (χ0v) is 15.7. The van der Waals surface area contributed by atoms with Crippen molar-refractivity contribution in [1.29, 1.82) is 0 Å². The summed E-state index contributed by atoms with van der Waals surface area (Å²) in [5.74, 6) is -0.644. The number of hydrogen-bond acceptors (Lipinski definition) is 4. The van der Waals surface area contributed by atoms with Gasteiger partial charge in [-0.05, 0) is 30.2 Å². The first-order valence-electron chi connectivity index (χ1n) is 7.90. The number of hydrogen-bond donors (Lipinski definition) is 1. The number of rotatable bonds is 3. The Hall–Kier alpha value is -2.06. The minimum Gasteiger partial charge on any atom is -0.328 e. The van der Waals surface area contributed by atoms with Gasteiger partial charge in [-0.2, -0.15) is 0 Å². The van der Waals surface area contributed by atoms with Crippen LogP contribution in [0.3, 0.4) is 0 Å². The number of benzene rings is 1. The summed E-state index contributed by atoms with van der Waals surface area (Å²) in [4.78, 5) is 34.2. The highest BCUT2D eigenvalue weighted by Crippen LogP contribution is 2.54. The normalized spacial score (nSPS) is 23.7. The van der Waals surface area contributed by atoms with E-state index in [1.54, 1.807) is 18.2 Å². The standard InChI is InChI=1S/C17H13BrClFN4O2/c18-9-1-2-11-12(3-9)17(4-13(17)20)8-24(15(11)26)7-14(25)23-16-21-5-10(19)6-22-16/h1-3,5-6,13H,4,7-8H2,(H,21,22,23,25)/t13-,17-/m1/s1. The fourth-order valence-corrected chi connectivity index (χ4v) is 3.79. The van der Waals surface area contributed by atoms with Gasteiger partial charge in [0.1, 0.15) is 12.7 Å². The Morgan fingerprint density at radius 2 is 2.12 bits per heavy atom. The molecule has 0 unspecified atom stereocenters. The minimum absolute atomic E-state index is 0.0951. The topological polar surface area (TPSA) is 75.2 Å². The Labute approximate surface area is 161 Å². The summed E-state index contributed by atoms with van der Waals surface area (Å²) in [7, 11) is 0. The van der Waals surface area contributed by atoms with E-state index in [4.69, 9.17) is 11.6 Å². The molecule has 26 heavy (non-hydrogen) atoms. The van der Waals surface area contributed by atoms with E-state index in [9.17, 15) is 14.0 Å². The molecule has 1 N–H and O–H groups in total. The Bertz CT molecular complexity index is 910. The van der Waals surface area contributed by atoms with E-state index in [2.05, 4.69) is 31.2 Å². The summed E-state index contributed by atoms with van der Waals surface area (Å²) in [6.07, 6.45) is 2.05. The van der Waals surface area contributed by atoms with E-state index >= 15 is 0 Å². The van der Waals surface area contributed by atoms with Crippen molar-refractivity contribution in [3.05, 3.63) is 51.2 Å². The maximum absolute atomic E-state index is 14.2. The number of carbonyl (C=O) groups excluding carboxylic acids is 2. The first kappa shape index (κ1) is 17.4. The largest absolute Gasteiger partial charge is 0.328 e. The fraction of sp³-hybridized carbons (Fsp3) is 0.294. The number of amides is 2. The van der Waals surface area contributed by atoms with Crippen molar-refractivity contribution in [1.82, 2.24) is 14.9 Å². The van der Waals surface area contributed by atoms with Gasteiger partial charge in [-0.3, -0.25) is 14.9 Å². The summed E-state index contributed by atoms with van der Waals surface area (Å²) >= 11 is 9.08. The number of aromatic nitrogens is 2. The van der Waals surface area contributed by atoms with Crippen molar-refractivity contribution in [3.8, 4) is 0 Å². The third-order valence-electron chi connectivity index (χ3n) is 4.70. The predicted molar refractivity (Wildman–Crippen MR) is 96.9 cm³/mol. The molecule has 1 spiro atoms. The lowest BCUT2D eigenvalue weighted by molar-refractivity contribution is -0.117. The van der Waals surface area contributed by atoms with Crippen LogP contribution < -0.4 is 5.32 Å². The molecule has 1 fully saturated rings. The number of fused-ring (bicyclic) bond motifs is 2. The van der Waals surface area contributed by atoms with Crippen molar-refractivity contribution in [3.63, 3.8) is 0 Å². The number of alkyl halides is 1. The van der Waals surface area contributed by atoms with Gasteiger partial charge in [0.2, 0.25) is 11.9 Å². The molecule has 2 aliphatic rings. The van der Waals surface area contributed by atoms with E-state index in [0.717, 1.165) is 4.47 Å². The first-order chi connectivity index (χ1) is 12.4. The van der Waals surface area contributed by atoms with Crippen LogP contribution in [0.25, 0.3) is 0 Å². The summed E-state index contributed by atoms with van der Waals surface area (Å²) in [6.45, 7) is -0.0276. The minimum atomic E-state index is -1.02. The van der Waals surface area contributed by atoms with Crippen LogP contribution in [0.1, 0.15) is 22.3 Å². The molecule has 134 valence electrons. The van der Waals surface area contributed by atoms with E-state index < -0.39 is 17.5 Å². The van der Waals surface area contributed by atoms with E-state index in [1.807, 2.05) is 0 Å². The van der Waals surface area contributed by atoms with Crippen molar-refractivity contribution >= 4 is 45.3 Å². The SMILES string of the molecule is O=C(CN1C[C@]2(C[C@H]2F)c2cc(Br)ccc2C1=O)Nc1ncc(Cl)cn1. The van der Waals surface area contributed by atoms with Crippen LogP contribution in [0.5, 0.6) is 0 Å². The second kappa shape index (κ2) is 6.28. The van der Waals surface area contributed by atoms with E-state index in [1.165, 1.54) is 17.3 Å². The van der Waals surface area contributed by atoms with Gasteiger partial charge in [0.05, 0.1) is 17.4 Å². The highest BCUT2D eigenvalue weighted by molar-refractivity contribution is 9.10. The molecule has 2 heterocycles. The van der Waals surface area contributed by atoms with E-state index in [-0.39, 0.29) is 24.9 Å². The maximum Gasteiger partial charge on any atom is 0.254 e. The number of halogens is 3. The molecule has 1 aromatic carbocycles. The predicted octanol–water partition coefficient (Wildman–Crippen LogP) is 2.97. The Morgan fingerprint density at radius 1 is 1.42 bits per heavy atom. The van der Waals surface area contributed by atoms with Crippen LogP contribution in [0.2, 0.25) is 5.02 Å². The molecule has 6 nitrogen and oxygen atoms in total. The monoisotopic (exact) mass is 438 g/mol. The molecule has 0 saturated heterocycles. The summed E-state index contributed by atoms with van der Waals surface area (Å²) < 4.78 is 15.0. The van der Waals surface area contributed by atoms with Gasteiger partial charge in [-0.1, -0.05) is 27.5 Å². The molecular weight excluding hydrogens is 427 g/mol. The van der Waals surface area contributed by atoms with Gasteiger partial charge in [-0.25, -0.2) is 14.4 Å². The number of anilines is 1. The van der Waals surface area contributed by atoms with Gasteiger partial charge in [0.15, 0.2) is 0 Å². The molecule has 0 bridgehead atoms. The summed E-state index contributed by atoms with van der Waals surface area (Å²) in [5.41, 5.74) is 0.432. The molecule has 1 aliphatic carbocycles. The Morgan fingerprint density at radius 3 is 2.77 bits per heavy atom. The van der Waals surface area contributed by atoms with Crippen molar-refractivity contribution in [2.75, 3.05) is 18.4 Å². The highest BCUT2D eigenvalue weighted by atomic mass is 79.9. The van der Waals surface area contributed by atoms with Crippen LogP contribution in [0.4, 0.5) is 10.3 Å². The van der Waals surface area contributed by atoms with Gasteiger partial charge < -0.3 is 4.90 Å². The molecule has 9 heteroatoms. The molecule has 2 atom stereocenters. The Kier molecular flexibility index (Phi) is 4.19. The lowest BCUT2D eigenvalue weighted by Gasteiger charge is -2.34. The lowest BCUT2D eigenvalue weighted by atomic mass is 9.86. The van der Waals surface area contributed by atoms with Crippen LogP contribution in [0.15, 0.2) is 35.1 Å². The lowest BCUT2D eigenvalue weighted by Crippen LogP contribution is -2.47. The van der Waals surface area contributed by atoms with Crippen LogP contribution in [-0.4, -0.2) is 45.9 Å². The molecule has 2 amide bonds. The smallest absolute Gasteiger partial charge is 0.254 e. The molecule has 4 rings (SSSR count). The summed E-state index contributed by atoms with van der Waals surface area (Å²) in [5, 5.41) is 2.86. The zero-order valence-electron chi connectivity index (χ0n) is 13.4. The first-order valence-corrected chi connectivity index (χ1v) is 9.07. The van der Waals surface area contributed by atoms with Crippen LogP contribution in [0, 0.1) is 0 Å². The highest BCUT2D eigenvalue weighted by Gasteiger charge is 2.61.